The summed E-state index contributed by atoms with van der Waals surface area (Å²) in [5.74, 6) is -0.426. The Kier molecular flexibility index (Phi) is 8.07. The molecule has 5 rings (SSSR count). The van der Waals surface area contributed by atoms with Crippen molar-refractivity contribution in [1.82, 2.24) is 0 Å². The molecule has 0 saturated carbocycles. The van der Waals surface area contributed by atoms with Crippen molar-refractivity contribution in [2.45, 2.75) is 13.5 Å². The number of amides is 4. The van der Waals surface area contributed by atoms with Gasteiger partial charge >= 0.3 is 6.03 Å². The highest BCUT2D eigenvalue weighted by molar-refractivity contribution is 9.10. The molecule has 0 aromatic heterocycles. The van der Waals surface area contributed by atoms with Gasteiger partial charge < -0.3 is 9.47 Å². The summed E-state index contributed by atoms with van der Waals surface area (Å²) in [7, 11) is 0. The Bertz CT molecular complexity index is 1520. The summed E-state index contributed by atoms with van der Waals surface area (Å²) in [5, 5.41) is 0. The van der Waals surface area contributed by atoms with Crippen molar-refractivity contribution in [3.8, 4) is 11.5 Å². The van der Waals surface area contributed by atoms with E-state index in [1.165, 1.54) is 6.08 Å². The third kappa shape index (κ3) is 5.53. The number of ether oxygens (including phenoxy) is 2. The van der Waals surface area contributed by atoms with E-state index in [1.807, 2.05) is 31.2 Å². The first-order chi connectivity index (χ1) is 19.5. The predicted molar refractivity (Wildman–Crippen MR) is 157 cm³/mol. The van der Waals surface area contributed by atoms with Crippen LogP contribution in [0.2, 0.25) is 0 Å². The van der Waals surface area contributed by atoms with E-state index in [9.17, 15) is 14.4 Å². The van der Waals surface area contributed by atoms with Crippen molar-refractivity contribution in [1.29, 1.82) is 0 Å². The van der Waals surface area contributed by atoms with Gasteiger partial charge in [-0.05, 0) is 61.0 Å². The van der Waals surface area contributed by atoms with Crippen molar-refractivity contribution in [3.05, 3.63) is 124 Å². The number of rotatable bonds is 8. The molecule has 1 aliphatic heterocycles. The van der Waals surface area contributed by atoms with Gasteiger partial charge in [-0.1, -0.05) is 76.6 Å². The van der Waals surface area contributed by atoms with Gasteiger partial charge in [0.1, 0.15) is 12.2 Å². The van der Waals surface area contributed by atoms with E-state index in [0.717, 1.165) is 19.8 Å². The number of para-hydroxylation sites is 2. The lowest BCUT2D eigenvalue weighted by molar-refractivity contribution is -0.121. The van der Waals surface area contributed by atoms with Crippen LogP contribution in [0.3, 0.4) is 0 Å². The number of benzene rings is 4. The van der Waals surface area contributed by atoms with Crippen molar-refractivity contribution in [3.63, 3.8) is 0 Å². The molecule has 0 unspecified atom stereocenters. The number of barbiturate groups is 1. The molecule has 4 amide bonds. The minimum atomic E-state index is -0.740. The molecule has 4 aromatic rings. The zero-order chi connectivity index (χ0) is 28.1. The molecule has 40 heavy (non-hydrogen) atoms. The van der Waals surface area contributed by atoms with E-state index in [-0.39, 0.29) is 5.57 Å². The molecular formula is C32H25BrN2O5. The summed E-state index contributed by atoms with van der Waals surface area (Å²) in [5.41, 5.74) is 2.09. The molecule has 1 saturated heterocycles. The molecule has 0 spiro atoms. The number of anilines is 2. The number of carbonyl (C=O) groups excluding carboxylic acids is 3. The lowest BCUT2D eigenvalue weighted by Gasteiger charge is -2.33. The average molecular weight is 597 g/mol. The Morgan fingerprint density at radius 2 is 1.27 bits per heavy atom. The maximum atomic E-state index is 13.6. The molecule has 8 heteroatoms. The van der Waals surface area contributed by atoms with E-state index in [1.54, 1.807) is 78.9 Å². The van der Waals surface area contributed by atoms with Crippen LogP contribution < -0.4 is 19.3 Å². The van der Waals surface area contributed by atoms with Crippen molar-refractivity contribution < 1.29 is 23.9 Å². The number of imide groups is 2. The second-order valence-electron chi connectivity index (χ2n) is 8.81. The first-order valence-electron chi connectivity index (χ1n) is 12.7. The van der Waals surface area contributed by atoms with Crippen LogP contribution in [0.1, 0.15) is 18.1 Å². The zero-order valence-electron chi connectivity index (χ0n) is 21.6. The molecule has 0 aliphatic carbocycles. The Balaban J connectivity index is 1.52. The van der Waals surface area contributed by atoms with Gasteiger partial charge in [-0.25, -0.2) is 14.6 Å². The largest absolute Gasteiger partial charge is 0.490 e. The lowest BCUT2D eigenvalue weighted by Crippen LogP contribution is -2.57. The molecule has 0 atom stereocenters. The molecule has 1 heterocycles. The van der Waals surface area contributed by atoms with Crippen LogP contribution in [0.25, 0.3) is 6.08 Å². The van der Waals surface area contributed by atoms with Gasteiger partial charge in [-0.15, -0.1) is 0 Å². The normalized spacial score (nSPS) is 13.4. The third-order valence-electron chi connectivity index (χ3n) is 6.20. The van der Waals surface area contributed by atoms with E-state index in [0.29, 0.717) is 41.7 Å². The zero-order valence-corrected chi connectivity index (χ0v) is 23.2. The SMILES string of the molecule is CCOc1cc(C=C2C(=O)N(c3ccccc3)C(=O)N(c3ccccc3)C2=O)ccc1OCc1ccccc1Br. The van der Waals surface area contributed by atoms with Gasteiger partial charge in [0.25, 0.3) is 11.8 Å². The molecule has 7 nitrogen and oxygen atoms in total. The smallest absolute Gasteiger partial charge is 0.343 e. The van der Waals surface area contributed by atoms with E-state index >= 15 is 0 Å². The molecule has 1 aliphatic rings. The molecule has 0 bridgehead atoms. The number of nitrogens with zero attached hydrogens (tertiary/aromatic N) is 2. The number of carbonyl (C=O) groups is 3. The van der Waals surface area contributed by atoms with Gasteiger partial charge in [-0.3, -0.25) is 9.59 Å². The number of hydrogen-bond acceptors (Lipinski definition) is 5. The van der Waals surface area contributed by atoms with Crippen molar-refractivity contribution in [2.24, 2.45) is 0 Å². The highest BCUT2D eigenvalue weighted by Gasteiger charge is 2.43. The Labute approximate surface area is 240 Å². The third-order valence-corrected chi connectivity index (χ3v) is 6.97. The van der Waals surface area contributed by atoms with Crippen molar-refractivity contribution >= 4 is 51.2 Å². The summed E-state index contributed by atoms with van der Waals surface area (Å²) in [4.78, 5) is 42.8. The van der Waals surface area contributed by atoms with Gasteiger partial charge in [0, 0.05) is 10.0 Å². The minimum Gasteiger partial charge on any atom is -0.490 e. The van der Waals surface area contributed by atoms with Gasteiger partial charge in [-0.2, -0.15) is 0 Å². The van der Waals surface area contributed by atoms with Gasteiger partial charge in [0.05, 0.1) is 18.0 Å². The fourth-order valence-electron chi connectivity index (χ4n) is 4.28. The number of urea groups is 1. The van der Waals surface area contributed by atoms with Crippen LogP contribution >= 0.6 is 15.9 Å². The molecule has 0 N–H and O–H groups in total. The quantitative estimate of drug-likeness (QED) is 0.161. The summed E-state index contributed by atoms with van der Waals surface area (Å²) in [6.07, 6.45) is 1.48. The Morgan fingerprint density at radius 1 is 0.700 bits per heavy atom. The Morgan fingerprint density at radius 3 is 1.85 bits per heavy atom. The first-order valence-corrected chi connectivity index (χ1v) is 13.4. The van der Waals surface area contributed by atoms with Crippen molar-refractivity contribution in [2.75, 3.05) is 16.4 Å². The second-order valence-corrected chi connectivity index (χ2v) is 9.67. The Hall–Kier alpha value is -4.69. The average Bonchev–Trinajstić information content (AvgIpc) is 2.97. The minimum absolute atomic E-state index is 0.156. The summed E-state index contributed by atoms with van der Waals surface area (Å²) < 4.78 is 12.8. The van der Waals surface area contributed by atoms with E-state index in [2.05, 4.69) is 15.9 Å². The maximum Gasteiger partial charge on any atom is 0.343 e. The maximum absolute atomic E-state index is 13.6. The highest BCUT2D eigenvalue weighted by Crippen LogP contribution is 2.33. The lowest BCUT2D eigenvalue weighted by atomic mass is 10.0. The van der Waals surface area contributed by atoms with Crippen LogP contribution in [0.5, 0.6) is 11.5 Å². The fraction of sp³-hybridized carbons (Fsp3) is 0.0938. The fourth-order valence-corrected chi connectivity index (χ4v) is 4.68. The van der Waals surface area contributed by atoms with Crippen LogP contribution in [0.4, 0.5) is 16.2 Å². The van der Waals surface area contributed by atoms with Crippen LogP contribution in [0.15, 0.2) is 113 Å². The molecule has 200 valence electrons. The monoisotopic (exact) mass is 596 g/mol. The molecule has 0 radical (unpaired) electrons. The summed E-state index contributed by atoms with van der Waals surface area (Å²) in [6, 6.07) is 29.3. The van der Waals surface area contributed by atoms with E-state index in [4.69, 9.17) is 9.47 Å². The van der Waals surface area contributed by atoms with E-state index < -0.39 is 17.8 Å². The number of hydrogen-bond donors (Lipinski definition) is 0. The molecule has 4 aromatic carbocycles. The first kappa shape index (κ1) is 26.9. The predicted octanol–water partition coefficient (Wildman–Crippen LogP) is 7.01. The molecular weight excluding hydrogens is 572 g/mol. The standard InChI is InChI=1S/C32H25BrN2O5/c1-2-39-29-20-22(17-18-28(29)40-21-23-11-9-10-16-27(23)33)19-26-30(36)34(24-12-5-3-6-13-24)32(38)35(31(26)37)25-14-7-4-8-15-25/h3-20H,2,21H2,1H3. The molecule has 1 fully saturated rings. The summed E-state index contributed by atoms with van der Waals surface area (Å²) >= 11 is 3.53. The van der Waals surface area contributed by atoms with Crippen LogP contribution in [-0.2, 0) is 16.2 Å². The summed E-state index contributed by atoms with van der Waals surface area (Å²) in [6.45, 7) is 2.57. The number of halogens is 1. The van der Waals surface area contributed by atoms with Crippen LogP contribution in [0, 0.1) is 0 Å². The van der Waals surface area contributed by atoms with Gasteiger partial charge in [0.2, 0.25) is 0 Å². The highest BCUT2D eigenvalue weighted by atomic mass is 79.9. The van der Waals surface area contributed by atoms with Crippen LogP contribution in [-0.4, -0.2) is 24.5 Å². The topological polar surface area (TPSA) is 76.2 Å². The van der Waals surface area contributed by atoms with Gasteiger partial charge in [0.15, 0.2) is 11.5 Å². The second kappa shape index (κ2) is 12.0.